The van der Waals surface area contributed by atoms with E-state index < -0.39 is 5.60 Å². The number of carbonyl (C=O) groups is 1. The number of hydrogen-bond donors (Lipinski definition) is 1. The second kappa shape index (κ2) is 7.07. The quantitative estimate of drug-likeness (QED) is 0.888. The summed E-state index contributed by atoms with van der Waals surface area (Å²) in [5.41, 5.74) is 0.506. The van der Waals surface area contributed by atoms with Gasteiger partial charge >= 0.3 is 6.09 Å². The van der Waals surface area contributed by atoms with Crippen molar-refractivity contribution >= 4 is 29.3 Å². The van der Waals surface area contributed by atoms with Crippen LogP contribution in [0.5, 0.6) is 0 Å². The van der Waals surface area contributed by atoms with Crippen molar-refractivity contribution in [1.29, 1.82) is 0 Å². The lowest BCUT2D eigenvalue weighted by Gasteiger charge is -2.35. The van der Waals surface area contributed by atoms with Crippen LogP contribution in [0.1, 0.15) is 26.3 Å². The molecule has 1 heterocycles. The minimum absolute atomic E-state index is 0.136. The monoisotopic (exact) mass is 344 g/mol. The summed E-state index contributed by atoms with van der Waals surface area (Å²) in [6, 6.07) is 5.58. The molecule has 0 radical (unpaired) electrons. The fraction of sp³-hybridized carbons (Fsp3) is 0.562. The Morgan fingerprint density at radius 3 is 2.82 bits per heavy atom. The van der Waals surface area contributed by atoms with E-state index in [9.17, 15) is 4.79 Å². The zero-order valence-corrected chi connectivity index (χ0v) is 14.7. The third-order valence-corrected chi connectivity index (χ3v) is 3.99. The van der Waals surface area contributed by atoms with Crippen LogP contribution in [0.15, 0.2) is 18.2 Å². The third-order valence-electron chi connectivity index (χ3n) is 3.38. The van der Waals surface area contributed by atoms with Crippen molar-refractivity contribution in [2.24, 2.45) is 0 Å². The first-order chi connectivity index (χ1) is 10.2. The first kappa shape index (κ1) is 17.4. The second-order valence-corrected chi connectivity index (χ2v) is 7.36. The van der Waals surface area contributed by atoms with Crippen LogP contribution in [-0.2, 0) is 11.2 Å². The molecule has 22 heavy (non-hydrogen) atoms. The van der Waals surface area contributed by atoms with Gasteiger partial charge in [0.25, 0.3) is 0 Å². The van der Waals surface area contributed by atoms with Gasteiger partial charge in [-0.05, 0) is 51.0 Å². The first-order valence-electron chi connectivity index (χ1n) is 7.40. The zero-order chi connectivity index (χ0) is 16.3. The Kier molecular flexibility index (Phi) is 5.59. The molecular weight excluding hydrogens is 323 g/mol. The van der Waals surface area contributed by atoms with Gasteiger partial charge in [-0.1, -0.05) is 23.2 Å². The summed E-state index contributed by atoms with van der Waals surface area (Å²) in [7, 11) is 0. The molecule has 4 nitrogen and oxygen atoms in total. The summed E-state index contributed by atoms with van der Waals surface area (Å²) in [5, 5.41) is 4.77. The van der Waals surface area contributed by atoms with Crippen molar-refractivity contribution in [3.8, 4) is 0 Å². The lowest BCUT2D eigenvalue weighted by molar-refractivity contribution is 0.0195. The van der Waals surface area contributed by atoms with E-state index in [1.807, 2.05) is 26.8 Å². The van der Waals surface area contributed by atoms with E-state index >= 15 is 0 Å². The standard InChI is InChI=1S/C16H22Cl2N2O2/c1-16(2,3)22-15(21)20-7-6-19-13(10-20)9-11-8-12(17)4-5-14(11)18/h4-5,8,13,19H,6-7,9-10H2,1-3H3/t13-/m0/s1. The van der Waals surface area contributed by atoms with E-state index in [1.165, 1.54) is 0 Å². The number of amides is 1. The third kappa shape index (κ3) is 5.04. The first-order valence-corrected chi connectivity index (χ1v) is 8.15. The van der Waals surface area contributed by atoms with Crippen LogP contribution >= 0.6 is 23.2 Å². The van der Waals surface area contributed by atoms with Crippen molar-refractivity contribution in [3.05, 3.63) is 33.8 Å². The fourth-order valence-electron chi connectivity index (χ4n) is 2.42. The Morgan fingerprint density at radius 1 is 1.41 bits per heavy atom. The minimum Gasteiger partial charge on any atom is -0.444 e. The number of halogens is 2. The molecule has 1 aliphatic rings. The Labute approximate surface area is 141 Å². The maximum absolute atomic E-state index is 12.2. The van der Waals surface area contributed by atoms with E-state index in [-0.39, 0.29) is 12.1 Å². The van der Waals surface area contributed by atoms with E-state index in [4.69, 9.17) is 27.9 Å². The molecule has 1 aliphatic heterocycles. The van der Waals surface area contributed by atoms with Crippen LogP contribution in [0.25, 0.3) is 0 Å². The number of ether oxygens (including phenoxy) is 1. The van der Waals surface area contributed by atoms with E-state index in [2.05, 4.69) is 5.32 Å². The summed E-state index contributed by atoms with van der Waals surface area (Å²) in [4.78, 5) is 13.9. The molecule has 0 aliphatic carbocycles. The van der Waals surface area contributed by atoms with Gasteiger partial charge in [0.1, 0.15) is 5.60 Å². The van der Waals surface area contributed by atoms with Crippen molar-refractivity contribution < 1.29 is 9.53 Å². The summed E-state index contributed by atoms with van der Waals surface area (Å²) in [6.45, 7) is 7.59. The molecule has 1 fully saturated rings. The number of rotatable bonds is 2. The molecule has 0 bridgehead atoms. The second-order valence-electron chi connectivity index (χ2n) is 6.52. The number of nitrogens with zero attached hydrogens (tertiary/aromatic N) is 1. The molecule has 2 rings (SSSR count). The molecule has 1 aromatic rings. The molecular formula is C16H22Cl2N2O2. The molecule has 0 aromatic heterocycles. The van der Waals surface area contributed by atoms with Crippen molar-refractivity contribution in [2.45, 2.75) is 38.8 Å². The van der Waals surface area contributed by atoms with Crippen molar-refractivity contribution in [1.82, 2.24) is 10.2 Å². The van der Waals surface area contributed by atoms with Crippen LogP contribution in [0.3, 0.4) is 0 Å². The maximum atomic E-state index is 12.2. The maximum Gasteiger partial charge on any atom is 0.410 e. The largest absolute Gasteiger partial charge is 0.444 e. The molecule has 6 heteroatoms. The molecule has 0 spiro atoms. The van der Waals surface area contributed by atoms with E-state index in [0.29, 0.717) is 23.1 Å². The summed E-state index contributed by atoms with van der Waals surface area (Å²) in [6.07, 6.45) is 0.454. The van der Waals surface area contributed by atoms with Crippen molar-refractivity contribution in [3.63, 3.8) is 0 Å². The fourth-order valence-corrected chi connectivity index (χ4v) is 2.81. The number of carbonyl (C=O) groups excluding carboxylic acids is 1. The van der Waals surface area contributed by atoms with E-state index in [1.54, 1.807) is 17.0 Å². The zero-order valence-electron chi connectivity index (χ0n) is 13.2. The normalized spacial score (nSPS) is 19.1. The topological polar surface area (TPSA) is 41.6 Å². The minimum atomic E-state index is -0.478. The Balaban J connectivity index is 1.98. The van der Waals surface area contributed by atoms with Crippen LogP contribution in [-0.4, -0.2) is 42.3 Å². The van der Waals surface area contributed by atoms with Gasteiger partial charge < -0.3 is 15.0 Å². The highest BCUT2D eigenvalue weighted by atomic mass is 35.5. The number of benzene rings is 1. The number of hydrogen-bond acceptors (Lipinski definition) is 3. The van der Waals surface area contributed by atoms with Gasteiger partial charge in [0.2, 0.25) is 0 Å². The molecule has 1 saturated heterocycles. The molecule has 0 saturated carbocycles. The average Bonchev–Trinajstić information content (AvgIpc) is 2.41. The van der Waals surface area contributed by atoms with Gasteiger partial charge in [-0.2, -0.15) is 0 Å². The van der Waals surface area contributed by atoms with Crippen LogP contribution < -0.4 is 5.32 Å². The van der Waals surface area contributed by atoms with Gasteiger partial charge in [0.15, 0.2) is 0 Å². The van der Waals surface area contributed by atoms with Crippen molar-refractivity contribution in [2.75, 3.05) is 19.6 Å². The Bertz CT molecular complexity index is 543. The smallest absolute Gasteiger partial charge is 0.410 e. The SMILES string of the molecule is CC(C)(C)OC(=O)N1CCN[C@@H](Cc2cc(Cl)ccc2Cl)C1. The summed E-state index contributed by atoms with van der Waals surface area (Å²) >= 11 is 12.2. The lowest BCUT2D eigenvalue weighted by Crippen LogP contribution is -2.54. The summed E-state index contributed by atoms with van der Waals surface area (Å²) in [5.74, 6) is 0. The van der Waals surface area contributed by atoms with Gasteiger partial charge in [0, 0.05) is 35.7 Å². The number of piperazine rings is 1. The van der Waals surface area contributed by atoms with Gasteiger partial charge in [-0.15, -0.1) is 0 Å². The molecule has 1 aromatic carbocycles. The molecule has 1 N–H and O–H groups in total. The van der Waals surface area contributed by atoms with Gasteiger partial charge in [-0.3, -0.25) is 0 Å². The molecule has 1 amide bonds. The highest BCUT2D eigenvalue weighted by Gasteiger charge is 2.27. The summed E-state index contributed by atoms with van der Waals surface area (Å²) < 4.78 is 5.43. The number of nitrogens with one attached hydrogen (secondary N) is 1. The van der Waals surface area contributed by atoms with E-state index in [0.717, 1.165) is 18.5 Å². The molecule has 0 unspecified atom stereocenters. The van der Waals surface area contributed by atoms with Gasteiger partial charge in [0.05, 0.1) is 0 Å². The van der Waals surface area contributed by atoms with Crippen LogP contribution in [0.2, 0.25) is 10.0 Å². The molecule has 1 atom stereocenters. The molecule has 122 valence electrons. The Hall–Kier alpha value is -0.970. The lowest BCUT2D eigenvalue weighted by atomic mass is 10.0. The highest BCUT2D eigenvalue weighted by Crippen LogP contribution is 2.22. The van der Waals surface area contributed by atoms with Crippen LogP contribution in [0, 0.1) is 0 Å². The van der Waals surface area contributed by atoms with Crippen LogP contribution in [0.4, 0.5) is 4.79 Å². The van der Waals surface area contributed by atoms with Gasteiger partial charge in [-0.25, -0.2) is 4.79 Å². The Morgan fingerprint density at radius 2 is 2.14 bits per heavy atom. The predicted octanol–water partition coefficient (Wildman–Crippen LogP) is 3.74. The highest BCUT2D eigenvalue weighted by molar-refractivity contribution is 6.33. The average molecular weight is 345 g/mol. The predicted molar refractivity (Wildman–Crippen MR) is 89.8 cm³/mol.